The summed E-state index contributed by atoms with van der Waals surface area (Å²) in [6, 6.07) is 26.7. The van der Waals surface area contributed by atoms with Crippen LogP contribution in [0.3, 0.4) is 0 Å². The Labute approximate surface area is 283 Å². The van der Waals surface area contributed by atoms with Crippen molar-refractivity contribution in [2.45, 2.75) is 29.7 Å². The lowest BCUT2D eigenvalue weighted by atomic mass is 9.82. The molecule has 1 fully saturated rings. The Bertz CT molecular complexity index is 2160. The smallest absolute Gasteiger partial charge is 0.338 e. The maximum Gasteiger partial charge on any atom is 0.338 e. The molecule has 0 radical (unpaired) electrons. The summed E-state index contributed by atoms with van der Waals surface area (Å²) >= 11 is 2.09. The predicted molar refractivity (Wildman–Crippen MR) is 184 cm³/mol. The Morgan fingerprint density at radius 2 is 1.60 bits per heavy atom. The second-order valence-corrected chi connectivity index (χ2v) is 13.4. The third kappa shape index (κ3) is 5.46. The fraction of sp³-hybridized carbons (Fsp3) is 0.194. The number of thiazole rings is 1. The van der Waals surface area contributed by atoms with E-state index in [4.69, 9.17) is 9.47 Å². The average Bonchev–Trinajstić information content (AvgIpc) is 3.54. The van der Waals surface area contributed by atoms with Crippen LogP contribution < -0.4 is 19.8 Å². The zero-order valence-electron chi connectivity index (χ0n) is 25.9. The lowest BCUT2D eigenvalue weighted by molar-refractivity contribution is -0.122. The van der Waals surface area contributed by atoms with Crippen LogP contribution in [-0.2, 0) is 25.7 Å². The van der Waals surface area contributed by atoms with Crippen LogP contribution in [0.15, 0.2) is 101 Å². The fourth-order valence-electron chi connectivity index (χ4n) is 6.34. The van der Waals surface area contributed by atoms with Crippen molar-refractivity contribution in [1.82, 2.24) is 4.57 Å². The quantitative estimate of drug-likeness (QED) is 0.164. The Morgan fingerprint density at radius 3 is 2.35 bits per heavy atom. The first kappa shape index (κ1) is 31.4. The summed E-state index contributed by atoms with van der Waals surface area (Å²) in [5.41, 5.74) is 1.87. The van der Waals surface area contributed by atoms with Gasteiger partial charge in [0, 0.05) is 22.0 Å². The highest BCUT2D eigenvalue weighted by Gasteiger charge is 2.57. The van der Waals surface area contributed by atoms with Gasteiger partial charge >= 0.3 is 10.8 Å². The van der Waals surface area contributed by atoms with Crippen molar-refractivity contribution in [3.05, 3.63) is 117 Å². The number of amides is 3. The van der Waals surface area contributed by atoms with Crippen molar-refractivity contribution in [1.29, 1.82) is 0 Å². The van der Waals surface area contributed by atoms with E-state index in [1.807, 2.05) is 54.6 Å². The summed E-state index contributed by atoms with van der Waals surface area (Å²) in [6.07, 6.45) is 0. The maximum atomic E-state index is 14.2. The van der Waals surface area contributed by atoms with E-state index in [0.717, 1.165) is 38.8 Å². The zero-order chi connectivity index (χ0) is 33.5. The third-order valence-corrected chi connectivity index (χ3v) is 11.1. The number of thioether (sulfide) groups is 1. The highest BCUT2D eigenvalue weighted by Crippen LogP contribution is 2.55. The van der Waals surface area contributed by atoms with Gasteiger partial charge in [-0.2, -0.15) is 0 Å². The molecular formula is C36H29N3O7S2. The van der Waals surface area contributed by atoms with Crippen LogP contribution in [0.25, 0.3) is 10.8 Å². The standard InChI is InChI=1S/C36H29N3O7S2/c1-3-46-35(43)21-13-16-24(17-14-21)39-32(41)29-28(25-10-6-7-11-26(25)45-2)31-34(47-30(29)33(39)42)38(36(44)48-31)19-27(40)37-23-15-12-20-8-4-5-9-22(20)18-23/h4-18,28-30H,3,19H2,1-2H3,(H,37,40)/t28-,29-,30+/m0/s1. The van der Waals surface area contributed by atoms with Gasteiger partial charge in [0.05, 0.1) is 35.9 Å². The number of imide groups is 1. The zero-order valence-corrected chi connectivity index (χ0v) is 27.5. The molecule has 1 aromatic heterocycles. The van der Waals surface area contributed by atoms with Crippen molar-refractivity contribution < 1.29 is 28.7 Å². The number of nitrogens with zero attached hydrogens (tertiary/aromatic N) is 2. The lowest BCUT2D eigenvalue weighted by Crippen LogP contribution is -2.33. The molecule has 0 bridgehead atoms. The van der Waals surface area contributed by atoms with Crippen molar-refractivity contribution in [2.75, 3.05) is 23.9 Å². The van der Waals surface area contributed by atoms with Gasteiger partial charge in [0.1, 0.15) is 17.5 Å². The molecule has 242 valence electrons. The Morgan fingerprint density at radius 1 is 0.875 bits per heavy atom. The lowest BCUT2D eigenvalue weighted by Gasteiger charge is -2.31. The van der Waals surface area contributed by atoms with E-state index in [1.165, 1.54) is 23.8 Å². The number of carbonyl (C=O) groups excluding carboxylic acids is 4. The number of nitrogens with one attached hydrogen (secondary N) is 1. The van der Waals surface area contributed by atoms with Gasteiger partial charge in [-0.15, -0.1) is 0 Å². The van der Waals surface area contributed by atoms with Crippen LogP contribution in [0.5, 0.6) is 5.75 Å². The first-order chi connectivity index (χ1) is 23.3. The van der Waals surface area contributed by atoms with E-state index in [0.29, 0.717) is 38.2 Å². The molecule has 2 aliphatic heterocycles. The SMILES string of the molecule is CCOC(=O)c1ccc(N2C(=O)[C@H]3[C@H](c4ccccc4OC)c4sc(=O)n(CC(=O)Nc5ccc6ccccc6c5)c4S[C@H]3C2=O)cc1. The number of benzene rings is 4. The number of rotatable bonds is 8. The molecular weight excluding hydrogens is 651 g/mol. The number of para-hydroxylation sites is 1. The molecule has 48 heavy (non-hydrogen) atoms. The number of methoxy groups -OCH3 is 1. The van der Waals surface area contributed by atoms with Crippen LogP contribution in [0.2, 0.25) is 0 Å². The van der Waals surface area contributed by atoms with Gasteiger partial charge in [-0.1, -0.05) is 71.6 Å². The molecule has 3 atom stereocenters. The Hall–Kier alpha value is -5.20. The van der Waals surface area contributed by atoms with Crippen LogP contribution >= 0.6 is 23.1 Å². The van der Waals surface area contributed by atoms with E-state index in [-0.39, 0.29) is 18.0 Å². The number of aromatic nitrogens is 1. The molecule has 5 aromatic rings. The number of esters is 1. The van der Waals surface area contributed by atoms with E-state index in [2.05, 4.69) is 5.32 Å². The number of ether oxygens (including phenoxy) is 2. The van der Waals surface area contributed by atoms with Crippen molar-refractivity contribution >= 4 is 68.9 Å². The second-order valence-electron chi connectivity index (χ2n) is 11.3. The van der Waals surface area contributed by atoms with Crippen LogP contribution in [0.1, 0.15) is 33.6 Å². The molecule has 4 aromatic carbocycles. The summed E-state index contributed by atoms with van der Waals surface area (Å²) < 4.78 is 12.1. The van der Waals surface area contributed by atoms with Gasteiger partial charge in [0.2, 0.25) is 17.7 Å². The molecule has 0 aliphatic carbocycles. The van der Waals surface area contributed by atoms with Crippen molar-refractivity contribution in [3.63, 3.8) is 0 Å². The topological polar surface area (TPSA) is 124 Å². The van der Waals surface area contributed by atoms with E-state index in [9.17, 15) is 24.0 Å². The number of hydrogen-bond donors (Lipinski definition) is 1. The van der Waals surface area contributed by atoms with Crippen LogP contribution in [-0.4, -0.2) is 47.2 Å². The molecule has 1 saturated heterocycles. The molecule has 10 nitrogen and oxygen atoms in total. The highest BCUT2D eigenvalue weighted by molar-refractivity contribution is 8.00. The third-order valence-electron chi connectivity index (χ3n) is 8.49. The molecule has 0 unspecified atom stereocenters. The minimum atomic E-state index is -0.881. The van der Waals surface area contributed by atoms with Gasteiger partial charge in [-0.05, 0) is 60.2 Å². The molecule has 2 aliphatic rings. The fourth-order valence-corrected chi connectivity index (χ4v) is 9.10. The van der Waals surface area contributed by atoms with Gasteiger partial charge in [-0.25, -0.2) is 9.69 Å². The first-order valence-electron chi connectivity index (χ1n) is 15.3. The largest absolute Gasteiger partial charge is 0.496 e. The molecule has 3 heterocycles. The van der Waals surface area contributed by atoms with Gasteiger partial charge in [0.25, 0.3) is 0 Å². The minimum absolute atomic E-state index is 0.217. The Kier molecular flexibility index (Phi) is 8.36. The summed E-state index contributed by atoms with van der Waals surface area (Å²) in [5.74, 6) is -2.81. The van der Waals surface area contributed by atoms with Crippen molar-refractivity contribution in [2.24, 2.45) is 5.92 Å². The summed E-state index contributed by atoms with van der Waals surface area (Å²) in [5, 5.41) is 4.48. The number of hydrogen-bond acceptors (Lipinski definition) is 9. The predicted octanol–water partition coefficient (Wildman–Crippen LogP) is 5.68. The summed E-state index contributed by atoms with van der Waals surface area (Å²) in [6.45, 7) is 1.65. The van der Waals surface area contributed by atoms with E-state index >= 15 is 0 Å². The highest BCUT2D eigenvalue weighted by atomic mass is 32.2. The Balaban J connectivity index is 1.25. The van der Waals surface area contributed by atoms with E-state index in [1.54, 1.807) is 31.2 Å². The monoisotopic (exact) mass is 679 g/mol. The average molecular weight is 680 g/mol. The molecule has 7 rings (SSSR count). The summed E-state index contributed by atoms with van der Waals surface area (Å²) in [4.78, 5) is 68.8. The van der Waals surface area contributed by atoms with Crippen molar-refractivity contribution in [3.8, 4) is 5.75 Å². The van der Waals surface area contributed by atoms with Gasteiger partial charge < -0.3 is 14.8 Å². The number of fused-ring (bicyclic) bond motifs is 3. The second kappa shape index (κ2) is 12.8. The maximum absolute atomic E-state index is 14.2. The normalized spacial score (nSPS) is 18.4. The van der Waals surface area contributed by atoms with Gasteiger partial charge in [-0.3, -0.25) is 23.7 Å². The van der Waals surface area contributed by atoms with Gasteiger partial charge in [0.15, 0.2) is 0 Å². The minimum Gasteiger partial charge on any atom is -0.496 e. The first-order valence-corrected chi connectivity index (χ1v) is 17.0. The molecule has 3 amide bonds. The summed E-state index contributed by atoms with van der Waals surface area (Å²) in [7, 11) is 1.53. The molecule has 12 heteroatoms. The van der Waals surface area contributed by atoms with Crippen LogP contribution in [0, 0.1) is 5.92 Å². The molecule has 0 saturated carbocycles. The molecule has 1 N–H and O–H groups in total. The number of carbonyl (C=O) groups is 4. The molecule has 0 spiro atoms. The van der Waals surface area contributed by atoms with Crippen LogP contribution in [0.4, 0.5) is 11.4 Å². The number of anilines is 2. The van der Waals surface area contributed by atoms with E-state index < -0.39 is 40.8 Å².